The van der Waals surface area contributed by atoms with Gasteiger partial charge in [0, 0.05) is 17.5 Å². The number of aromatic nitrogens is 2. The van der Waals surface area contributed by atoms with Gasteiger partial charge in [-0.2, -0.15) is 19.6 Å². The minimum absolute atomic E-state index is 0.0115. The van der Waals surface area contributed by atoms with Gasteiger partial charge in [-0.1, -0.05) is 12.6 Å². The molecule has 2 amide bonds. The molecule has 3 aliphatic rings. The van der Waals surface area contributed by atoms with E-state index in [4.69, 9.17) is 9.47 Å². The van der Waals surface area contributed by atoms with E-state index in [1.165, 1.54) is 6.07 Å². The summed E-state index contributed by atoms with van der Waals surface area (Å²) in [4.78, 5) is 38.0. The van der Waals surface area contributed by atoms with Crippen LogP contribution in [0.4, 0.5) is 33.6 Å². The first-order valence-electron chi connectivity index (χ1n) is 16.7. The number of carbonyl (C=O) groups excluding carboxylic acids is 2. The second-order valence-electron chi connectivity index (χ2n) is 15.3. The standard InChI is InChI=1S/C37H37F3N6O4S/c1-16-13-23-22-12-9-18(46(22)35(48)50-37(6,7)8)15-45(23)31-27-24(16)17(2)25(28(39)29(27)42-33(40)43-31)19-10-11-21(38)30-26(19)20(14-41)32(51-30)44-34(47)49-36(3,4)5/h10-11,18,22-23H,1,9,12-13,15H2,2-8H3,(H,44,47)/t18-,22+,23-/m1/s1. The molecule has 2 saturated heterocycles. The molecule has 2 bridgehead atoms. The molecule has 2 aromatic carbocycles. The summed E-state index contributed by atoms with van der Waals surface area (Å²) in [6, 6.07) is 3.70. The van der Waals surface area contributed by atoms with Crippen molar-refractivity contribution in [2.75, 3.05) is 16.8 Å². The molecule has 5 heterocycles. The monoisotopic (exact) mass is 718 g/mol. The predicted octanol–water partition coefficient (Wildman–Crippen LogP) is 8.83. The Morgan fingerprint density at radius 2 is 1.73 bits per heavy atom. The van der Waals surface area contributed by atoms with Crippen LogP contribution in [0.2, 0.25) is 0 Å². The highest BCUT2D eigenvalue weighted by Crippen LogP contribution is 2.51. The third kappa shape index (κ3) is 5.71. The number of nitrogens with zero attached hydrogens (tertiary/aromatic N) is 5. The smallest absolute Gasteiger partial charge is 0.412 e. The summed E-state index contributed by atoms with van der Waals surface area (Å²) in [6.45, 7) is 16.9. The molecule has 51 heavy (non-hydrogen) atoms. The SMILES string of the molecule is C=C1C[C@@H]2[C@@H]3CC[C@H](CN2c2nc(F)nc4c(F)c(-c5ccc(F)c6sc(NC(=O)OC(C)(C)C)c(C#N)c56)c(C)c1c24)N3C(=O)OC(C)(C)C. The lowest BCUT2D eigenvalue weighted by Crippen LogP contribution is -2.62. The molecule has 14 heteroatoms. The number of piperazine rings is 1. The van der Waals surface area contributed by atoms with E-state index in [0.717, 1.165) is 17.4 Å². The molecule has 4 aromatic rings. The first kappa shape index (κ1) is 34.5. The molecular weight excluding hydrogens is 682 g/mol. The molecule has 0 spiro atoms. The number of rotatable bonds is 2. The highest BCUT2D eigenvalue weighted by atomic mass is 32.1. The molecule has 0 radical (unpaired) electrons. The molecule has 0 aliphatic carbocycles. The second-order valence-corrected chi connectivity index (χ2v) is 16.3. The van der Waals surface area contributed by atoms with Crippen molar-refractivity contribution in [2.45, 2.75) is 97.1 Å². The Kier molecular flexibility index (Phi) is 8.01. The van der Waals surface area contributed by atoms with Crippen LogP contribution in [0, 0.1) is 36.0 Å². The van der Waals surface area contributed by atoms with Crippen LogP contribution in [0.3, 0.4) is 0 Å². The fourth-order valence-electron chi connectivity index (χ4n) is 7.83. The summed E-state index contributed by atoms with van der Waals surface area (Å²) in [6.07, 6.45) is -0.645. The van der Waals surface area contributed by atoms with Crippen molar-refractivity contribution >= 4 is 60.9 Å². The number of hydrogen-bond acceptors (Lipinski definition) is 9. The normalized spacial score (nSPS) is 19.9. The number of thiophene rings is 1. The van der Waals surface area contributed by atoms with E-state index >= 15 is 13.2 Å². The number of ether oxygens (including phenoxy) is 2. The molecule has 10 nitrogen and oxygen atoms in total. The molecule has 266 valence electrons. The second kappa shape index (κ2) is 11.8. The van der Waals surface area contributed by atoms with Crippen molar-refractivity contribution in [1.29, 1.82) is 5.26 Å². The number of nitrogens with one attached hydrogen (secondary N) is 1. The van der Waals surface area contributed by atoms with E-state index in [2.05, 4.69) is 27.9 Å². The van der Waals surface area contributed by atoms with E-state index in [-0.39, 0.29) is 61.2 Å². The molecule has 0 unspecified atom stereocenters. The molecule has 0 saturated carbocycles. The van der Waals surface area contributed by atoms with Gasteiger partial charge in [0.2, 0.25) is 0 Å². The first-order chi connectivity index (χ1) is 23.9. The summed E-state index contributed by atoms with van der Waals surface area (Å²) in [5.74, 6) is -1.34. The average Bonchev–Trinajstić information content (AvgIpc) is 3.51. The fourth-order valence-corrected chi connectivity index (χ4v) is 8.90. The first-order valence-corrected chi connectivity index (χ1v) is 17.5. The minimum atomic E-state index is -1.13. The summed E-state index contributed by atoms with van der Waals surface area (Å²) in [5, 5.41) is 13.3. The van der Waals surface area contributed by atoms with Crippen molar-refractivity contribution in [3.63, 3.8) is 0 Å². The lowest BCUT2D eigenvalue weighted by atomic mass is 9.86. The van der Waals surface area contributed by atoms with Crippen LogP contribution in [0.5, 0.6) is 0 Å². The van der Waals surface area contributed by atoms with Gasteiger partial charge in [0.05, 0.1) is 33.8 Å². The van der Waals surface area contributed by atoms with Gasteiger partial charge in [0.15, 0.2) is 5.82 Å². The van der Waals surface area contributed by atoms with Gasteiger partial charge >= 0.3 is 18.3 Å². The third-order valence-electron chi connectivity index (χ3n) is 9.56. The molecule has 1 N–H and O–H groups in total. The van der Waals surface area contributed by atoms with E-state index in [9.17, 15) is 14.9 Å². The number of hydrogen-bond donors (Lipinski definition) is 1. The van der Waals surface area contributed by atoms with E-state index < -0.39 is 41.1 Å². The van der Waals surface area contributed by atoms with Crippen LogP contribution in [-0.4, -0.2) is 62.9 Å². The van der Waals surface area contributed by atoms with Crippen LogP contribution in [-0.2, 0) is 9.47 Å². The summed E-state index contributed by atoms with van der Waals surface area (Å²) in [7, 11) is 0. The number of halogens is 3. The highest BCUT2D eigenvalue weighted by Gasteiger charge is 2.51. The molecule has 3 aliphatic heterocycles. The van der Waals surface area contributed by atoms with Crippen LogP contribution in [0.15, 0.2) is 18.7 Å². The largest absolute Gasteiger partial charge is 0.444 e. The Morgan fingerprint density at radius 3 is 2.39 bits per heavy atom. The van der Waals surface area contributed by atoms with Gasteiger partial charge < -0.3 is 14.4 Å². The number of fused-ring (bicyclic) bond motifs is 6. The minimum Gasteiger partial charge on any atom is -0.444 e. The van der Waals surface area contributed by atoms with E-state index in [0.29, 0.717) is 47.9 Å². The topological polar surface area (TPSA) is 121 Å². The van der Waals surface area contributed by atoms with Crippen LogP contribution >= 0.6 is 11.3 Å². The average molecular weight is 719 g/mol. The van der Waals surface area contributed by atoms with Crippen LogP contribution < -0.4 is 10.2 Å². The highest BCUT2D eigenvalue weighted by molar-refractivity contribution is 7.23. The zero-order valence-corrected chi connectivity index (χ0v) is 30.1. The zero-order valence-electron chi connectivity index (χ0n) is 29.3. The van der Waals surface area contributed by atoms with Crippen molar-refractivity contribution in [3.05, 3.63) is 53.1 Å². The Morgan fingerprint density at radius 1 is 1.02 bits per heavy atom. The third-order valence-corrected chi connectivity index (χ3v) is 10.7. The van der Waals surface area contributed by atoms with Crippen molar-refractivity contribution in [3.8, 4) is 17.2 Å². The van der Waals surface area contributed by atoms with Crippen molar-refractivity contribution in [2.24, 2.45) is 0 Å². The summed E-state index contributed by atoms with van der Waals surface area (Å²) >= 11 is 0.825. The molecule has 2 fully saturated rings. The Bertz CT molecular complexity index is 2230. The number of carbonyl (C=O) groups is 2. The number of anilines is 2. The van der Waals surface area contributed by atoms with Crippen molar-refractivity contribution in [1.82, 2.24) is 14.9 Å². The lowest BCUT2D eigenvalue weighted by molar-refractivity contribution is 0.00775. The maximum Gasteiger partial charge on any atom is 0.412 e. The summed E-state index contributed by atoms with van der Waals surface area (Å²) < 4.78 is 59.1. The van der Waals surface area contributed by atoms with Gasteiger partial charge in [-0.05, 0) is 96.1 Å². The van der Waals surface area contributed by atoms with E-state index in [1.807, 2.05) is 25.7 Å². The Labute approximate surface area is 296 Å². The lowest BCUT2D eigenvalue weighted by Gasteiger charge is -2.47. The number of amides is 2. The quantitative estimate of drug-likeness (QED) is 0.204. The molecule has 3 atom stereocenters. The van der Waals surface area contributed by atoms with Crippen LogP contribution in [0.1, 0.15) is 77.5 Å². The van der Waals surface area contributed by atoms with Gasteiger partial charge in [0.1, 0.15) is 39.4 Å². The fraction of sp³-hybridized carbons (Fsp3) is 0.432. The molecule has 7 rings (SSSR count). The van der Waals surface area contributed by atoms with Crippen molar-refractivity contribution < 1.29 is 32.2 Å². The molecular formula is C37H37F3N6O4S. The van der Waals surface area contributed by atoms with Gasteiger partial charge in [-0.3, -0.25) is 10.2 Å². The van der Waals surface area contributed by atoms with Gasteiger partial charge in [0.25, 0.3) is 0 Å². The van der Waals surface area contributed by atoms with Gasteiger partial charge in [-0.25, -0.2) is 18.4 Å². The molecule has 2 aromatic heterocycles. The van der Waals surface area contributed by atoms with Gasteiger partial charge in [-0.15, -0.1) is 11.3 Å². The zero-order chi connectivity index (χ0) is 36.9. The maximum atomic E-state index is 17.1. The maximum absolute atomic E-state index is 17.1. The van der Waals surface area contributed by atoms with E-state index in [1.54, 1.807) is 32.6 Å². The Hall–Kier alpha value is -4.90. The predicted molar refractivity (Wildman–Crippen MR) is 189 cm³/mol. The van der Waals surface area contributed by atoms with Crippen LogP contribution in [0.25, 0.3) is 37.7 Å². The Balaban J connectivity index is 1.41. The number of nitriles is 1. The summed E-state index contributed by atoms with van der Waals surface area (Å²) in [5.41, 5.74) is -0.208. The number of benzene rings is 2.